The van der Waals surface area contributed by atoms with Crippen LogP contribution in [0, 0.1) is 11.8 Å². The van der Waals surface area contributed by atoms with Gasteiger partial charge in [0, 0.05) is 5.92 Å². The Morgan fingerprint density at radius 1 is 1.45 bits per heavy atom. The summed E-state index contributed by atoms with van der Waals surface area (Å²) in [5.74, 6) is -1.02. The highest BCUT2D eigenvalue weighted by Crippen LogP contribution is 2.09. The molecular weight excluding hydrogens is 168 g/mol. The summed E-state index contributed by atoms with van der Waals surface area (Å²) in [7, 11) is -3.94. The van der Waals surface area contributed by atoms with Gasteiger partial charge in [0.15, 0.2) is 0 Å². The zero-order valence-electron chi connectivity index (χ0n) is 6.52. The Bertz CT molecular complexity index is 219. The number of rotatable bonds is 4. The van der Waals surface area contributed by atoms with Crippen LogP contribution in [-0.2, 0) is 14.9 Å². The van der Waals surface area contributed by atoms with Crippen LogP contribution in [0.25, 0.3) is 0 Å². The summed E-state index contributed by atoms with van der Waals surface area (Å²) < 4.78 is 29.0. The lowest BCUT2D eigenvalue weighted by molar-refractivity contribution is -0.111. The van der Waals surface area contributed by atoms with Crippen molar-refractivity contribution in [1.29, 1.82) is 0 Å². The third-order valence-corrected chi connectivity index (χ3v) is 2.53. The summed E-state index contributed by atoms with van der Waals surface area (Å²) in [6, 6.07) is 0. The van der Waals surface area contributed by atoms with Gasteiger partial charge < -0.3 is 4.79 Å². The van der Waals surface area contributed by atoms with Crippen molar-refractivity contribution < 1.29 is 17.8 Å². The molecule has 2 unspecified atom stereocenters. The van der Waals surface area contributed by atoms with Gasteiger partial charge >= 0.3 is 0 Å². The van der Waals surface area contributed by atoms with Crippen LogP contribution in [0.5, 0.6) is 0 Å². The van der Waals surface area contributed by atoms with E-state index in [2.05, 4.69) is 0 Å². The fraction of sp³-hybridized carbons (Fsp3) is 0.833. The molecule has 0 aliphatic carbocycles. The summed E-state index contributed by atoms with van der Waals surface area (Å²) >= 11 is 0. The average molecular weight is 180 g/mol. The van der Waals surface area contributed by atoms with Gasteiger partial charge in [-0.15, -0.1) is 0 Å². The van der Waals surface area contributed by atoms with Crippen molar-refractivity contribution in [2.75, 3.05) is 5.75 Å². The molecule has 1 N–H and O–H groups in total. The summed E-state index contributed by atoms with van der Waals surface area (Å²) in [5.41, 5.74) is 0. The van der Waals surface area contributed by atoms with Crippen LogP contribution in [-0.4, -0.2) is 25.0 Å². The van der Waals surface area contributed by atoms with Crippen LogP contribution in [0.1, 0.15) is 13.8 Å². The van der Waals surface area contributed by atoms with Crippen LogP contribution in [0.2, 0.25) is 0 Å². The van der Waals surface area contributed by atoms with Crippen molar-refractivity contribution in [3.8, 4) is 0 Å². The molecular formula is C6H12O4S. The molecule has 0 amide bonds. The van der Waals surface area contributed by atoms with Crippen LogP contribution in [0.3, 0.4) is 0 Å². The van der Waals surface area contributed by atoms with E-state index < -0.39 is 10.1 Å². The first kappa shape index (κ1) is 10.6. The first-order valence-electron chi connectivity index (χ1n) is 3.27. The zero-order valence-corrected chi connectivity index (χ0v) is 7.34. The number of hydrogen-bond donors (Lipinski definition) is 1. The maximum absolute atomic E-state index is 10.3. The minimum atomic E-state index is -3.94. The van der Waals surface area contributed by atoms with Crippen molar-refractivity contribution in [1.82, 2.24) is 0 Å². The predicted molar refractivity (Wildman–Crippen MR) is 40.8 cm³/mol. The van der Waals surface area contributed by atoms with Crippen LogP contribution < -0.4 is 0 Å². The molecule has 0 spiro atoms. The Morgan fingerprint density at radius 2 is 1.91 bits per heavy atom. The molecule has 0 radical (unpaired) electrons. The molecule has 0 aliphatic heterocycles. The largest absolute Gasteiger partial charge is 0.303 e. The number of carbonyl (C=O) groups is 1. The molecule has 5 heteroatoms. The molecule has 0 aromatic carbocycles. The first-order chi connectivity index (χ1) is 4.87. The highest BCUT2D eigenvalue weighted by Gasteiger charge is 2.17. The lowest BCUT2D eigenvalue weighted by atomic mass is 10.0. The molecule has 0 saturated carbocycles. The average Bonchev–Trinajstić information content (AvgIpc) is 1.82. The smallest absolute Gasteiger partial charge is 0.265 e. The molecule has 11 heavy (non-hydrogen) atoms. The van der Waals surface area contributed by atoms with Crippen molar-refractivity contribution in [2.45, 2.75) is 13.8 Å². The van der Waals surface area contributed by atoms with E-state index in [0.29, 0.717) is 6.29 Å². The molecule has 0 bridgehead atoms. The van der Waals surface area contributed by atoms with Crippen LogP contribution in [0.4, 0.5) is 0 Å². The van der Waals surface area contributed by atoms with Gasteiger partial charge in [-0.1, -0.05) is 13.8 Å². The summed E-state index contributed by atoms with van der Waals surface area (Å²) in [4.78, 5) is 10.2. The minimum absolute atomic E-state index is 0.331. The number of aldehydes is 1. The molecule has 66 valence electrons. The Hall–Kier alpha value is -0.420. The van der Waals surface area contributed by atoms with Crippen LogP contribution in [0.15, 0.2) is 0 Å². The highest BCUT2D eigenvalue weighted by molar-refractivity contribution is 7.85. The predicted octanol–water partition coefficient (Wildman–Crippen LogP) is 0.345. The van der Waals surface area contributed by atoms with Gasteiger partial charge in [-0.25, -0.2) is 0 Å². The van der Waals surface area contributed by atoms with E-state index in [9.17, 15) is 13.2 Å². The van der Waals surface area contributed by atoms with Crippen molar-refractivity contribution in [2.24, 2.45) is 11.8 Å². The van der Waals surface area contributed by atoms with Gasteiger partial charge in [0.25, 0.3) is 10.1 Å². The lowest BCUT2D eigenvalue weighted by Gasteiger charge is -2.11. The van der Waals surface area contributed by atoms with E-state index in [0.717, 1.165) is 0 Å². The van der Waals surface area contributed by atoms with E-state index in [1.54, 1.807) is 13.8 Å². The van der Waals surface area contributed by atoms with Gasteiger partial charge in [0.05, 0.1) is 5.75 Å². The van der Waals surface area contributed by atoms with E-state index in [1.807, 2.05) is 0 Å². The number of hydrogen-bond acceptors (Lipinski definition) is 3. The number of carbonyl (C=O) groups excluding carboxylic acids is 1. The van der Waals surface area contributed by atoms with Gasteiger partial charge in [-0.3, -0.25) is 4.55 Å². The normalized spacial score (nSPS) is 17.4. The van der Waals surface area contributed by atoms with E-state index >= 15 is 0 Å². The highest BCUT2D eigenvalue weighted by atomic mass is 32.2. The maximum Gasteiger partial charge on any atom is 0.265 e. The van der Waals surface area contributed by atoms with Gasteiger partial charge in [-0.05, 0) is 5.92 Å². The molecule has 0 heterocycles. The Balaban J connectivity index is 4.08. The minimum Gasteiger partial charge on any atom is -0.303 e. The third-order valence-electron chi connectivity index (χ3n) is 1.59. The molecule has 0 fully saturated rings. The quantitative estimate of drug-likeness (QED) is 0.500. The standard InChI is InChI=1S/C6H12O4S/c1-5(3-7)6(2)4-11(8,9)10/h3,5-6H,4H2,1-2H3,(H,8,9,10). The summed E-state index contributed by atoms with van der Waals surface area (Å²) in [6.07, 6.45) is 0.676. The Labute approximate surface area is 66.4 Å². The van der Waals surface area contributed by atoms with E-state index in [-0.39, 0.29) is 17.6 Å². The SMILES string of the molecule is CC(C=O)C(C)CS(=O)(=O)O. The molecule has 0 aromatic rings. The topological polar surface area (TPSA) is 71.4 Å². The van der Waals surface area contributed by atoms with E-state index in [4.69, 9.17) is 4.55 Å². The lowest BCUT2D eigenvalue weighted by Crippen LogP contribution is -2.19. The zero-order chi connectivity index (χ0) is 9.07. The Kier molecular flexibility index (Phi) is 3.68. The summed E-state index contributed by atoms with van der Waals surface area (Å²) in [6.45, 7) is 3.22. The monoisotopic (exact) mass is 180 g/mol. The van der Waals surface area contributed by atoms with Crippen molar-refractivity contribution in [3.63, 3.8) is 0 Å². The van der Waals surface area contributed by atoms with Gasteiger partial charge in [0.1, 0.15) is 6.29 Å². The van der Waals surface area contributed by atoms with Gasteiger partial charge in [-0.2, -0.15) is 8.42 Å². The Morgan fingerprint density at radius 3 is 2.18 bits per heavy atom. The molecule has 0 rings (SSSR count). The third kappa shape index (κ3) is 4.92. The molecule has 0 aliphatic rings. The molecule has 2 atom stereocenters. The van der Waals surface area contributed by atoms with Gasteiger partial charge in [0.2, 0.25) is 0 Å². The molecule has 0 aromatic heterocycles. The van der Waals surface area contributed by atoms with Crippen LogP contribution >= 0.6 is 0 Å². The second kappa shape index (κ2) is 3.82. The van der Waals surface area contributed by atoms with Crippen molar-refractivity contribution >= 4 is 16.4 Å². The molecule has 4 nitrogen and oxygen atoms in total. The fourth-order valence-corrected chi connectivity index (χ4v) is 1.59. The molecule has 0 saturated heterocycles. The second-order valence-corrected chi connectivity index (χ2v) is 4.22. The first-order valence-corrected chi connectivity index (χ1v) is 4.88. The fourth-order valence-electron chi connectivity index (χ4n) is 0.618. The van der Waals surface area contributed by atoms with Crippen molar-refractivity contribution in [3.05, 3.63) is 0 Å². The summed E-state index contributed by atoms with van der Waals surface area (Å²) in [5, 5.41) is 0. The second-order valence-electron chi connectivity index (χ2n) is 2.72. The van der Waals surface area contributed by atoms with E-state index in [1.165, 1.54) is 0 Å². The maximum atomic E-state index is 10.3.